The highest BCUT2D eigenvalue weighted by atomic mass is 32.2. The van der Waals surface area contributed by atoms with Crippen LogP contribution in [0.25, 0.3) is 0 Å². The molecule has 2 N–H and O–H groups in total. The first-order chi connectivity index (χ1) is 4.68. The molecule has 2 unspecified atom stereocenters. The summed E-state index contributed by atoms with van der Waals surface area (Å²) in [5.74, 6) is 1.04. The van der Waals surface area contributed by atoms with Crippen molar-refractivity contribution in [3.63, 3.8) is 0 Å². The van der Waals surface area contributed by atoms with Gasteiger partial charge in [0.05, 0.1) is 6.61 Å². The Bertz CT molecular complexity index is 78.0. The van der Waals surface area contributed by atoms with Gasteiger partial charge in [0.15, 0.2) is 0 Å². The van der Waals surface area contributed by atoms with Crippen molar-refractivity contribution in [1.29, 1.82) is 0 Å². The molecule has 0 aliphatic heterocycles. The molecule has 0 rings (SSSR count). The van der Waals surface area contributed by atoms with Gasteiger partial charge in [0.2, 0.25) is 0 Å². The number of ether oxygens (including phenoxy) is 1. The number of methoxy groups -OCH3 is 1. The van der Waals surface area contributed by atoms with Crippen molar-refractivity contribution >= 4 is 11.8 Å². The van der Waals surface area contributed by atoms with Crippen LogP contribution in [0, 0.1) is 0 Å². The van der Waals surface area contributed by atoms with Gasteiger partial charge in [-0.1, -0.05) is 6.92 Å². The Hall–Kier alpha value is 0.270. The van der Waals surface area contributed by atoms with Crippen LogP contribution in [0.4, 0.5) is 0 Å². The largest absolute Gasteiger partial charge is 0.384 e. The maximum atomic E-state index is 5.66. The standard InChI is InChI=1S/C7H17NOS/c1-6(8)7(2)10-5-4-9-3/h6-7H,4-5,8H2,1-3H3. The van der Waals surface area contributed by atoms with Gasteiger partial charge in [0.1, 0.15) is 0 Å². The summed E-state index contributed by atoms with van der Waals surface area (Å²) in [5.41, 5.74) is 5.66. The average molecular weight is 163 g/mol. The van der Waals surface area contributed by atoms with E-state index in [1.165, 1.54) is 0 Å². The molecule has 2 atom stereocenters. The van der Waals surface area contributed by atoms with Crippen LogP contribution in [-0.4, -0.2) is 30.8 Å². The summed E-state index contributed by atoms with van der Waals surface area (Å²) in [6, 6.07) is 0.279. The SMILES string of the molecule is COCCSC(C)C(C)N. The van der Waals surface area contributed by atoms with Gasteiger partial charge in [-0.3, -0.25) is 0 Å². The van der Waals surface area contributed by atoms with Gasteiger partial charge in [0.25, 0.3) is 0 Å². The van der Waals surface area contributed by atoms with Crippen molar-refractivity contribution in [2.45, 2.75) is 25.1 Å². The molecule has 0 saturated heterocycles. The summed E-state index contributed by atoms with van der Waals surface area (Å²) in [6.45, 7) is 5.00. The zero-order valence-electron chi connectivity index (χ0n) is 6.96. The Morgan fingerprint density at radius 2 is 2.10 bits per heavy atom. The van der Waals surface area contributed by atoms with E-state index in [-0.39, 0.29) is 6.04 Å². The first-order valence-electron chi connectivity index (χ1n) is 3.54. The Labute approximate surface area is 67.5 Å². The first kappa shape index (κ1) is 10.3. The lowest BCUT2D eigenvalue weighted by Gasteiger charge is -2.13. The molecule has 62 valence electrons. The van der Waals surface area contributed by atoms with Gasteiger partial charge >= 0.3 is 0 Å². The van der Waals surface area contributed by atoms with Gasteiger partial charge in [-0.25, -0.2) is 0 Å². The molecule has 0 aliphatic rings. The van der Waals surface area contributed by atoms with Crippen LogP contribution in [0.2, 0.25) is 0 Å². The molecule has 0 heterocycles. The summed E-state index contributed by atoms with van der Waals surface area (Å²) < 4.78 is 4.91. The third kappa shape index (κ3) is 5.09. The van der Waals surface area contributed by atoms with Crippen LogP contribution in [0.15, 0.2) is 0 Å². The van der Waals surface area contributed by atoms with E-state index < -0.39 is 0 Å². The van der Waals surface area contributed by atoms with Crippen molar-refractivity contribution < 1.29 is 4.74 Å². The Kier molecular flexibility index (Phi) is 6.17. The zero-order valence-corrected chi connectivity index (χ0v) is 7.78. The predicted molar refractivity (Wildman–Crippen MR) is 47.4 cm³/mol. The number of nitrogens with two attached hydrogens (primary N) is 1. The minimum Gasteiger partial charge on any atom is -0.384 e. The van der Waals surface area contributed by atoms with E-state index >= 15 is 0 Å². The van der Waals surface area contributed by atoms with Gasteiger partial charge in [-0.2, -0.15) is 11.8 Å². The van der Waals surface area contributed by atoms with Gasteiger partial charge < -0.3 is 10.5 Å². The molecule has 0 spiro atoms. The maximum Gasteiger partial charge on any atom is 0.0553 e. The molecule has 0 radical (unpaired) electrons. The summed E-state index contributed by atoms with van der Waals surface area (Å²) in [4.78, 5) is 0. The minimum absolute atomic E-state index is 0.279. The van der Waals surface area contributed by atoms with Crippen molar-refractivity contribution in [2.75, 3.05) is 19.5 Å². The molecule has 0 amide bonds. The molecule has 3 heteroatoms. The highest BCUT2D eigenvalue weighted by Gasteiger charge is 2.05. The third-order valence-corrected chi connectivity index (χ3v) is 2.77. The van der Waals surface area contributed by atoms with Crippen LogP contribution in [0.5, 0.6) is 0 Å². The first-order valence-corrected chi connectivity index (χ1v) is 4.59. The number of thioether (sulfide) groups is 1. The molecule has 0 aromatic rings. The summed E-state index contributed by atoms with van der Waals surface area (Å²) in [7, 11) is 1.72. The fraction of sp³-hybridized carbons (Fsp3) is 1.00. The summed E-state index contributed by atoms with van der Waals surface area (Å²) >= 11 is 1.86. The number of hydrogen-bond acceptors (Lipinski definition) is 3. The van der Waals surface area contributed by atoms with Crippen LogP contribution in [-0.2, 0) is 4.74 Å². The van der Waals surface area contributed by atoms with Crippen LogP contribution in [0.1, 0.15) is 13.8 Å². The lowest BCUT2D eigenvalue weighted by Crippen LogP contribution is -2.26. The van der Waals surface area contributed by atoms with E-state index in [2.05, 4.69) is 6.92 Å². The van der Waals surface area contributed by atoms with E-state index in [1.807, 2.05) is 18.7 Å². The molecular weight excluding hydrogens is 146 g/mol. The molecule has 0 aromatic carbocycles. The van der Waals surface area contributed by atoms with Gasteiger partial charge in [-0.05, 0) is 6.92 Å². The highest BCUT2D eigenvalue weighted by molar-refractivity contribution is 7.99. The normalized spacial score (nSPS) is 16.8. The van der Waals surface area contributed by atoms with Crippen molar-refractivity contribution in [3.05, 3.63) is 0 Å². The fourth-order valence-electron chi connectivity index (χ4n) is 0.469. The summed E-state index contributed by atoms with van der Waals surface area (Å²) in [6.07, 6.45) is 0. The molecular formula is C7H17NOS. The lowest BCUT2D eigenvalue weighted by molar-refractivity contribution is 0.218. The topological polar surface area (TPSA) is 35.2 Å². The van der Waals surface area contributed by atoms with Crippen LogP contribution < -0.4 is 5.73 Å². The molecule has 10 heavy (non-hydrogen) atoms. The van der Waals surface area contributed by atoms with Crippen molar-refractivity contribution in [3.8, 4) is 0 Å². The second-order valence-corrected chi connectivity index (χ2v) is 3.91. The van der Waals surface area contributed by atoms with Gasteiger partial charge in [0, 0.05) is 24.2 Å². The summed E-state index contributed by atoms with van der Waals surface area (Å²) in [5, 5.41) is 0.537. The lowest BCUT2D eigenvalue weighted by atomic mass is 10.3. The molecule has 0 bridgehead atoms. The Morgan fingerprint density at radius 1 is 1.50 bits per heavy atom. The van der Waals surface area contributed by atoms with E-state index in [0.717, 1.165) is 12.4 Å². The molecule has 0 aliphatic carbocycles. The molecule has 0 saturated carbocycles. The smallest absolute Gasteiger partial charge is 0.0553 e. The quantitative estimate of drug-likeness (QED) is 0.616. The van der Waals surface area contributed by atoms with Crippen molar-refractivity contribution in [1.82, 2.24) is 0 Å². The predicted octanol–water partition coefficient (Wildman–Crippen LogP) is 1.10. The van der Waals surface area contributed by atoms with Gasteiger partial charge in [-0.15, -0.1) is 0 Å². The monoisotopic (exact) mass is 163 g/mol. The average Bonchev–Trinajstić information content (AvgIpc) is 1.88. The molecule has 0 aromatic heterocycles. The second kappa shape index (κ2) is 6.01. The van der Waals surface area contributed by atoms with E-state index in [1.54, 1.807) is 7.11 Å². The highest BCUT2D eigenvalue weighted by Crippen LogP contribution is 2.11. The number of rotatable bonds is 5. The fourth-order valence-corrected chi connectivity index (χ4v) is 1.41. The molecule has 2 nitrogen and oxygen atoms in total. The van der Waals surface area contributed by atoms with Crippen LogP contribution in [0.3, 0.4) is 0 Å². The minimum atomic E-state index is 0.279. The Morgan fingerprint density at radius 3 is 2.50 bits per heavy atom. The van der Waals surface area contributed by atoms with Crippen LogP contribution >= 0.6 is 11.8 Å². The van der Waals surface area contributed by atoms with Crippen molar-refractivity contribution in [2.24, 2.45) is 5.73 Å². The second-order valence-electron chi connectivity index (χ2n) is 2.43. The maximum absolute atomic E-state index is 5.66. The molecule has 0 fully saturated rings. The third-order valence-electron chi connectivity index (χ3n) is 1.41. The zero-order chi connectivity index (χ0) is 7.98. The number of hydrogen-bond donors (Lipinski definition) is 1. The Balaban J connectivity index is 3.13. The van der Waals surface area contributed by atoms with E-state index in [9.17, 15) is 0 Å². The van der Waals surface area contributed by atoms with E-state index in [4.69, 9.17) is 10.5 Å². The van der Waals surface area contributed by atoms with E-state index in [0.29, 0.717) is 5.25 Å².